The maximum atomic E-state index is 12.7. The molecule has 3 rings (SSSR count). The van der Waals surface area contributed by atoms with Crippen LogP contribution in [0.4, 0.5) is 0 Å². The number of likely N-dealkylation sites (tertiary alicyclic amines) is 1. The van der Waals surface area contributed by atoms with Gasteiger partial charge in [0.15, 0.2) is 0 Å². The molecule has 0 aliphatic carbocycles. The molecule has 1 fully saturated rings. The van der Waals surface area contributed by atoms with Gasteiger partial charge in [0.25, 0.3) is 5.91 Å². The average Bonchev–Trinajstić information content (AvgIpc) is 2.81. The van der Waals surface area contributed by atoms with Crippen molar-refractivity contribution in [1.29, 1.82) is 0 Å². The summed E-state index contributed by atoms with van der Waals surface area (Å²) < 4.78 is 16.6. The van der Waals surface area contributed by atoms with E-state index in [2.05, 4.69) is 22.0 Å². The first-order chi connectivity index (χ1) is 15.0. The fraction of sp³-hybridized carbons (Fsp3) is 0.333. The monoisotopic (exact) mass is 487 g/mol. The maximum absolute atomic E-state index is 12.7. The first-order valence-electron chi connectivity index (χ1n) is 10.0. The molecule has 31 heavy (non-hydrogen) atoms. The number of amides is 1. The fourth-order valence-electron chi connectivity index (χ4n) is 3.65. The summed E-state index contributed by atoms with van der Waals surface area (Å²) in [7, 11) is 4.42. The van der Waals surface area contributed by atoms with E-state index in [1.54, 1.807) is 19.2 Å². The maximum Gasteiger partial charge on any atom is 0.342 e. The van der Waals surface area contributed by atoms with Crippen LogP contribution in [0.1, 0.15) is 39.1 Å². The summed E-state index contributed by atoms with van der Waals surface area (Å²) >= 11 is 3.39. The SMILES string of the molecule is COC(=O)c1c(C=CC2CCN(C(=O)c3ccc(Br)cc3)CC2)cc(OC)cc1OC. The molecular formula is C24H26BrNO5. The summed E-state index contributed by atoms with van der Waals surface area (Å²) in [6.07, 6.45) is 5.71. The molecule has 1 amide bonds. The van der Waals surface area contributed by atoms with E-state index in [9.17, 15) is 9.59 Å². The van der Waals surface area contributed by atoms with Crippen LogP contribution in [0.15, 0.2) is 46.9 Å². The minimum absolute atomic E-state index is 0.0560. The molecule has 6 nitrogen and oxygen atoms in total. The Bertz CT molecular complexity index is 963. The minimum Gasteiger partial charge on any atom is -0.497 e. The molecule has 0 unspecified atom stereocenters. The lowest BCUT2D eigenvalue weighted by atomic mass is 9.94. The zero-order valence-electron chi connectivity index (χ0n) is 17.9. The quantitative estimate of drug-likeness (QED) is 0.546. The zero-order valence-corrected chi connectivity index (χ0v) is 19.5. The number of nitrogens with zero attached hydrogens (tertiary/aromatic N) is 1. The van der Waals surface area contributed by atoms with Gasteiger partial charge in [0.05, 0.1) is 21.3 Å². The molecule has 0 radical (unpaired) electrons. The van der Waals surface area contributed by atoms with Gasteiger partial charge in [0.2, 0.25) is 0 Å². The molecule has 1 heterocycles. The van der Waals surface area contributed by atoms with Crippen LogP contribution in [0.5, 0.6) is 11.5 Å². The molecule has 0 atom stereocenters. The number of methoxy groups -OCH3 is 3. The number of piperidine rings is 1. The number of esters is 1. The van der Waals surface area contributed by atoms with Gasteiger partial charge in [-0.25, -0.2) is 4.79 Å². The molecule has 0 saturated carbocycles. The smallest absolute Gasteiger partial charge is 0.342 e. The summed E-state index contributed by atoms with van der Waals surface area (Å²) in [5, 5.41) is 0. The minimum atomic E-state index is -0.464. The van der Waals surface area contributed by atoms with E-state index >= 15 is 0 Å². The molecule has 0 bridgehead atoms. The lowest BCUT2D eigenvalue weighted by Gasteiger charge is -2.31. The lowest BCUT2D eigenvalue weighted by Crippen LogP contribution is -2.38. The summed E-state index contributed by atoms with van der Waals surface area (Å²) in [5.74, 6) is 0.894. The standard InChI is InChI=1S/C24H26BrNO5/c1-29-20-14-18(22(24(28)31-3)21(15-20)30-2)5-4-16-10-12-26(13-11-16)23(27)17-6-8-19(25)9-7-17/h4-9,14-16H,10-13H2,1-3H3. The number of halogens is 1. The normalized spacial score (nSPS) is 14.5. The molecule has 164 valence electrons. The summed E-state index contributed by atoms with van der Waals surface area (Å²) in [6.45, 7) is 1.38. The van der Waals surface area contributed by atoms with Crippen LogP contribution in [-0.4, -0.2) is 51.2 Å². The molecular weight excluding hydrogens is 462 g/mol. The van der Waals surface area contributed by atoms with Gasteiger partial charge in [0, 0.05) is 29.2 Å². The van der Waals surface area contributed by atoms with E-state index in [-0.39, 0.29) is 5.91 Å². The second kappa shape index (κ2) is 10.5. The third kappa shape index (κ3) is 5.47. The Morgan fingerprint density at radius 2 is 1.71 bits per heavy atom. The molecule has 1 aliphatic heterocycles. The van der Waals surface area contributed by atoms with E-state index in [4.69, 9.17) is 14.2 Å². The molecule has 1 saturated heterocycles. The Morgan fingerprint density at radius 1 is 1.03 bits per heavy atom. The van der Waals surface area contributed by atoms with Gasteiger partial charge in [-0.2, -0.15) is 0 Å². The van der Waals surface area contributed by atoms with Gasteiger partial charge in [-0.1, -0.05) is 28.1 Å². The van der Waals surface area contributed by atoms with Crippen LogP contribution >= 0.6 is 15.9 Å². The third-order valence-electron chi connectivity index (χ3n) is 5.42. The highest BCUT2D eigenvalue weighted by Gasteiger charge is 2.23. The second-order valence-corrected chi connectivity index (χ2v) is 8.20. The fourth-order valence-corrected chi connectivity index (χ4v) is 3.92. The van der Waals surface area contributed by atoms with E-state index in [0.29, 0.717) is 47.2 Å². The van der Waals surface area contributed by atoms with E-state index in [0.717, 1.165) is 17.3 Å². The molecule has 1 aliphatic rings. The Hall–Kier alpha value is -2.80. The van der Waals surface area contributed by atoms with Crippen molar-refractivity contribution in [3.8, 4) is 11.5 Å². The Balaban J connectivity index is 1.71. The van der Waals surface area contributed by atoms with Crippen molar-refractivity contribution in [1.82, 2.24) is 4.90 Å². The second-order valence-electron chi connectivity index (χ2n) is 7.28. The zero-order chi connectivity index (χ0) is 22.4. The van der Waals surface area contributed by atoms with Crippen molar-refractivity contribution in [2.24, 2.45) is 5.92 Å². The number of carbonyl (C=O) groups is 2. The van der Waals surface area contributed by atoms with Gasteiger partial charge in [-0.15, -0.1) is 0 Å². The van der Waals surface area contributed by atoms with Crippen molar-refractivity contribution in [2.45, 2.75) is 12.8 Å². The first-order valence-corrected chi connectivity index (χ1v) is 10.8. The highest BCUT2D eigenvalue weighted by atomic mass is 79.9. The number of rotatable bonds is 6. The molecule has 2 aromatic rings. The Labute approximate surface area is 190 Å². The van der Waals surface area contributed by atoms with Crippen LogP contribution in [0.2, 0.25) is 0 Å². The van der Waals surface area contributed by atoms with E-state index in [1.807, 2.05) is 35.2 Å². The van der Waals surface area contributed by atoms with Gasteiger partial charge in [-0.05, 0) is 54.7 Å². The van der Waals surface area contributed by atoms with Crippen molar-refractivity contribution >= 4 is 33.9 Å². The Kier molecular flexibility index (Phi) is 7.74. The van der Waals surface area contributed by atoms with Gasteiger partial charge in [0.1, 0.15) is 17.1 Å². The number of ether oxygens (including phenoxy) is 3. The predicted molar refractivity (Wildman–Crippen MR) is 123 cm³/mol. The molecule has 0 spiro atoms. The summed E-state index contributed by atoms with van der Waals surface area (Å²) in [5.41, 5.74) is 1.74. The van der Waals surface area contributed by atoms with Crippen LogP contribution in [0.3, 0.4) is 0 Å². The number of hydrogen-bond donors (Lipinski definition) is 0. The van der Waals surface area contributed by atoms with Gasteiger partial charge < -0.3 is 19.1 Å². The van der Waals surface area contributed by atoms with Crippen LogP contribution in [0, 0.1) is 5.92 Å². The molecule has 7 heteroatoms. The molecule has 2 aromatic carbocycles. The lowest BCUT2D eigenvalue weighted by molar-refractivity contribution is 0.0596. The van der Waals surface area contributed by atoms with Crippen LogP contribution in [-0.2, 0) is 4.74 Å². The van der Waals surface area contributed by atoms with Crippen LogP contribution in [0.25, 0.3) is 6.08 Å². The van der Waals surface area contributed by atoms with E-state index in [1.165, 1.54) is 14.2 Å². The summed E-state index contributed by atoms with van der Waals surface area (Å²) in [4.78, 5) is 26.9. The average molecular weight is 488 g/mol. The van der Waals surface area contributed by atoms with Crippen molar-refractivity contribution in [2.75, 3.05) is 34.4 Å². The Morgan fingerprint density at radius 3 is 2.29 bits per heavy atom. The number of hydrogen-bond acceptors (Lipinski definition) is 5. The topological polar surface area (TPSA) is 65.1 Å². The highest BCUT2D eigenvalue weighted by Crippen LogP contribution is 2.31. The largest absolute Gasteiger partial charge is 0.497 e. The first kappa shape index (κ1) is 22.9. The molecule has 0 N–H and O–H groups in total. The highest BCUT2D eigenvalue weighted by molar-refractivity contribution is 9.10. The summed E-state index contributed by atoms with van der Waals surface area (Å²) in [6, 6.07) is 10.9. The van der Waals surface area contributed by atoms with Gasteiger partial charge >= 0.3 is 5.97 Å². The van der Waals surface area contributed by atoms with Crippen molar-refractivity contribution in [3.63, 3.8) is 0 Å². The number of allylic oxidation sites excluding steroid dienone is 1. The van der Waals surface area contributed by atoms with Gasteiger partial charge in [-0.3, -0.25) is 4.79 Å². The third-order valence-corrected chi connectivity index (χ3v) is 5.95. The predicted octanol–water partition coefficient (Wildman–Crippen LogP) is 4.82. The molecule has 0 aromatic heterocycles. The van der Waals surface area contributed by atoms with Crippen LogP contribution < -0.4 is 9.47 Å². The number of carbonyl (C=O) groups excluding carboxylic acids is 2. The van der Waals surface area contributed by atoms with Crippen molar-refractivity contribution in [3.05, 3.63) is 63.6 Å². The number of benzene rings is 2. The van der Waals surface area contributed by atoms with Crippen molar-refractivity contribution < 1.29 is 23.8 Å². The van der Waals surface area contributed by atoms with E-state index < -0.39 is 5.97 Å².